The molecule has 0 saturated heterocycles. The van der Waals surface area contributed by atoms with E-state index in [0.29, 0.717) is 0 Å². The quantitative estimate of drug-likeness (QED) is 0.491. The maximum Gasteiger partial charge on any atom is 0.300 e. The molecule has 1 heterocycles. The highest BCUT2D eigenvalue weighted by Crippen LogP contribution is 2.17. The first-order chi connectivity index (χ1) is 9.03. The van der Waals surface area contributed by atoms with Gasteiger partial charge in [0.25, 0.3) is 0 Å². The van der Waals surface area contributed by atoms with Gasteiger partial charge in [0.15, 0.2) is 15.6 Å². The lowest BCUT2D eigenvalue weighted by Crippen LogP contribution is -2.29. The number of nitrogens with two attached hydrogens (primary N) is 1. The molecule has 0 aliphatic rings. The second-order valence-corrected chi connectivity index (χ2v) is 5.80. The second kappa shape index (κ2) is 5.25. The molecule has 19 heavy (non-hydrogen) atoms. The maximum absolute atomic E-state index is 12.1. The zero-order chi connectivity index (χ0) is 13.9. The van der Waals surface area contributed by atoms with E-state index in [2.05, 4.69) is 0 Å². The molecule has 0 bridgehead atoms. The minimum Gasteiger partial charge on any atom is -0.455 e. The summed E-state index contributed by atoms with van der Waals surface area (Å²) in [6.07, 6.45) is 0. The van der Waals surface area contributed by atoms with E-state index >= 15 is 0 Å². The first-order valence-electron chi connectivity index (χ1n) is 5.40. The van der Waals surface area contributed by atoms with Gasteiger partial charge in [-0.3, -0.25) is 10.2 Å². The Hall–Kier alpha value is -2.12. The Balaban J connectivity index is 2.22. The summed E-state index contributed by atoms with van der Waals surface area (Å²) in [5, 5.41) is 0. The third-order valence-electron chi connectivity index (χ3n) is 2.45. The highest BCUT2D eigenvalue weighted by Gasteiger charge is 2.18. The molecule has 7 heteroatoms. The molecular formula is C12H12N2O4S. The number of sulfone groups is 1. The van der Waals surface area contributed by atoms with Gasteiger partial charge in [-0.15, -0.1) is 0 Å². The van der Waals surface area contributed by atoms with Crippen LogP contribution in [0.1, 0.15) is 16.3 Å². The Kier molecular flexibility index (Phi) is 3.68. The Bertz CT molecular complexity index is 677. The van der Waals surface area contributed by atoms with Crippen molar-refractivity contribution in [1.29, 1.82) is 0 Å². The SMILES string of the molecule is NNC(=O)c1ccc(CS(=O)(=O)c2ccccc2)o1. The molecule has 2 aromatic rings. The fourth-order valence-corrected chi connectivity index (χ4v) is 2.82. The summed E-state index contributed by atoms with van der Waals surface area (Å²) in [5.41, 5.74) is 1.91. The highest BCUT2D eigenvalue weighted by atomic mass is 32.2. The first-order valence-corrected chi connectivity index (χ1v) is 7.05. The van der Waals surface area contributed by atoms with Crippen LogP contribution in [-0.2, 0) is 15.6 Å². The van der Waals surface area contributed by atoms with Gasteiger partial charge in [-0.25, -0.2) is 14.3 Å². The molecule has 0 fully saturated rings. The van der Waals surface area contributed by atoms with Gasteiger partial charge in [0.05, 0.1) is 4.90 Å². The van der Waals surface area contributed by atoms with E-state index in [0.717, 1.165) is 0 Å². The lowest BCUT2D eigenvalue weighted by atomic mass is 10.4. The molecule has 6 nitrogen and oxygen atoms in total. The van der Waals surface area contributed by atoms with Crippen molar-refractivity contribution < 1.29 is 17.6 Å². The summed E-state index contributed by atoms with van der Waals surface area (Å²) in [4.78, 5) is 11.4. The normalized spacial score (nSPS) is 11.2. The summed E-state index contributed by atoms with van der Waals surface area (Å²) >= 11 is 0. The van der Waals surface area contributed by atoms with Crippen LogP contribution in [0.5, 0.6) is 0 Å². The number of furan rings is 1. The smallest absolute Gasteiger partial charge is 0.300 e. The van der Waals surface area contributed by atoms with Gasteiger partial charge in [0.1, 0.15) is 11.5 Å². The minimum absolute atomic E-state index is 0.0271. The molecule has 3 N–H and O–H groups in total. The molecule has 0 aliphatic heterocycles. The second-order valence-electron chi connectivity index (χ2n) is 3.81. The number of nitrogen functional groups attached to an aromatic ring is 1. The zero-order valence-corrected chi connectivity index (χ0v) is 10.7. The number of hydrazine groups is 1. The minimum atomic E-state index is -3.49. The van der Waals surface area contributed by atoms with Crippen molar-refractivity contribution in [1.82, 2.24) is 5.43 Å². The first kappa shape index (κ1) is 13.3. The lowest BCUT2D eigenvalue weighted by Gasteiger charge is -2.01. The van der Waals surface area contributed by atoms with Crippen LogP contribution < -0.4 is 11.3 Å². The van der Waals surface area contributed by atoms with E-state index in [-0.39, 0.29) is 22.2 Å². The molecule has 1 aromatic heterocycles. The molecule has 0 spiro atoms. The largest absolute Gasteiger partial charge is 0.455 e. The van der Waals surface area contributed by atoms with E-state index < -0.39 is 15.7 Å². The number of rotatable bonds is 4. The van der Waals surface area contributed by atoms with Crippen molar-refractivity contribution in [3.63, 3.8) is 0 Å². The number of amides is 1. The number of hydrogen-bond donors (Lipinski definition) is 2. The van der Waals surface area contributed by atoms with Crippen molar-refractivity contribution in [2.75, 3.05) is 0 Å². The number of nitrogens with one attached hydrogen (secondary N) is 1. The van der Waals surface area contributed by atoms with E-state index in [1.54, 1.807) is 18.2 Å². The van der Waals surface area contributed by atoms with E-state index in [9.17, 15) is 13.2 Å². The van der Waals surface area contributed by atoms with Crippen molar-refractivity contribution >= 4 is 15.7 Å². The van der Waals surface area contributed by atoms with Crippen LogP contribution in [-0.4, -0.2) is 14.3 Å². The van der Waals surface area contributed by atoms with E-state index in [1.807, 2.05) is 5.43 Å². The number of carbonyl (C=O) groups excluding carboxylic acids is 1. The Morgan fingerprint density at radius 1 is 1.16 bits per heavy atom. The number of carbonyl (C=O) groups is 1. The average Bonchev–Trinajstić information content (AvgIpc) is 2.86. The third-order valence-corrected chi connectivity index (χ3v) is 4.11. The molecule has 1 aromatic carbocycles. The van der Waals surface area contributed by atoms with Gasteiger partial charge in [-0.05, 0) is 24.3 Å². The third kappa shape index (κ3) is 3.01. The Labute approximate surface area is 110 Å². The van der Waals surface area contributed by atoms with Crippen LogP contribution in [0.15, 0.2) is 51.8 Å². The van der Waals surface area contributed by atoms with Crippen LogP contribution in [0, 0.1) is 0 Å². The molecule has 0 radical (unpaired) electrons. The molecule has 2 rings (SSSR count). The van der Waals surface area contributed by atoms with Crippen molar-refractivity contribution in [2.24, 2.45) is 5.84 Å². The van der Waals surface area contributed by atoms with Gasteiger partial charge in [0.2, 0.25) is 0 Å². The summed E-state index contributed by atoms with van der Waals surface area (Å²) in [6, 6.07) is 10.8. The summed E-state index contributed by atoms with van der Waals surface area (Å²) in [6.45, 7) is 0. The van der Waals surface area contributed by atoms with Crippen molar-refractivity contribution in [3.05, 3.63) is 54.0 Å². The fraction of sp³-hybridized carbons (Fsp3) is 0.0833. The molecule has 0 atom stereocenters. The average molecular weight is 280 g/mol. The van der Waals surface area contributed by atoms with Crippen molar-refractivity contribution in [3.8, 4) is 0 Å². The monoisotopic (exact) mass is 280 g/mol. The highest BCUT2D eigenvalue weighted by molar-refractivity contribution is 7.90. The van der Waals surface area contributed by atoms with Gasteiger partial charge in [0, 0.05) is 0 Å². The molecule has 0 unspecified atom stereocenters. The molecular weight excluding hydrogens is 268 g/mol. The predicted octanol–water partition coefficient (Wildman–Crippen LogP) is 0.857. The maximum atomic E-state index is 12.1. The van der Waals surface area contributed by atoms with Crippen LogP contribution in [0.3, 0.4) is 0 Å². The Morgan fingerprint density at radius 2 is 1.84 bits per heavy atom. The van der Waals surface area contributed by atoms with Crippen LogP contribution in [0.25, 0.3) is 0 Å². The van der Waals surface area contributed by atoms with Gasteiger partial charge < -0.3 is 4.42 Å². The van der Waals surface area contributed by atoms with E-state index in [4.69, 9.17) is 10.3 Å². The molecule has 1 amide bonds. The topological polar surface area (TPSA) is 102 Å². The van der Waals surface area contributed by atoms with Gasteiger partial charge in [-0.1, -0.05) is 18.2 Å². The standard InChI is InChI=1S/C12H12N2O4S/c13-14-12(15)11-7-6-9(18-11)8-19(16,17)10-4-2-1-3-5-10/h1-7H,8,13H2,(H,14,15). The number of hydrogen-bond acceptors (Lipinski definition) is 5. The van der Waals surface area contributed by atoms with Gasteiger partial charge >= 0.3 is 5.91 Å². The molecule has 100 valence electrons. The Morgan fingerprint density at radius 3 is 2.47 bits per heavy atom. The lowest BCUT2D eigenvalue weighted by molar-refractivity contribution is 0.0924. The van der Waals surface area contributed by atoms with Crippen LogP contribution in [0.2, 0.25) is 0 Å². The predicted molar refractivity (Wildman–Crippen MR) is 67.7 cm³/mol. The number of benzene rings is 1. The molecule has 0 saturated carbocycles. The van der Waals surface area contributed by atoms with Crippen LogP contribution >= 0.6 is 0 Å². The summed E-state index contributed by atoms with van der Waals surface area (Å²) < 4.78 is 29.3. The summed E-state index contributed by atoms with van der Waals surface area (Å²) in [5.74, 6) is 4.19. The molecule has 0 aliphatic carbocycles. The fourth-order valence-electron chi connectivity index (χ4n) is 1.55. The summed E-state index contributed by atoms with van der Waals surface area (Å²) in [7, 11) is -3.49. The van der Waals surface area contributed by atoms with Crippen molar-refractivity contribution in [2.45, 2.75) is 10.6 Å². The zero-order valence-electron chi connectivity index (χ0n) is 9.87. The van der Waals surface area contributed by atoms with Crippen LogP contribution in [0.4, 0.5) is 0 Å². The van der Waals surface area contributed by atoms with Gasteiger partial charge in [-0.2, -0.15) is 0 Å². The van der Waals surface area contributed by atoms with E-state index in [1.165, 1.54) is 24.3 Å².